The topological polar surface area (TPSA) is 52.1 Å². The SMILES string of the molecule is C=CNc1cc(CN2CCN(C)CC2)ccc1N/C=C/C(=C\C=NC)Oc1ccc(CC)cc1. The molecule has 2 aromatic rings. The van der Waals surface area contributed by atoms with Gasteiger partial charge >= 0.3 is 0 Å². The highest BCUT2D eigenvalue weighted by molar-refractivity contribution is 5.73. The van der Waals surface area contributed by atoms with E-state index in [-0.39, 0.29) is 0 Å². The predicted molar refractivity (Wildman–Crippen MR) is 145 cm³/mol. The second kappa shape index (κ2) is 13.4. The largest absolute Gasteiger partial charge is 0.457 e. The maximum Gasteiger partial charge on any atom is 0.130 e. The Bertz CT molecular complexity index is 1000. The lowest BCUT2D eigenvalue weighted by atomic mass is 10.1. The quantitative estimate of drug-likeness (QED) is 0.277. The normalized spacial score (nSPS) is 15.7. The van der Waals surface area contributed by atoms with Crippen LogP contribution in [0.15, 0.2) is 84.3 Å². The summed E-state index contributed by atoms with van der Waals surface area (Å²) < 4.78 is 6.05. The number of likely N-dealkylation sites (N-methyl/N-ethyl adjacent to an activating group) is 1. The Labute approximate surface area is 204 Å². The van der Waals surface area contributed by atoms with Crippen LogP contribution >= 0.6 is 0 Å². The molecule has 1 saturated heterocycles. The molecule has 0 aliphatic carbocycles. The van der Waals surface area contributed by atoms with Crippen molar-refractivity contribution in [2.75, 3.05) is 50.9 Å². The third-order valence-electron chi connectivity index (χ3n) is 5.79. The first kappa shape index (κ1) is 25.3. The number of allylic oxidation sites excluding steroid dienone is 2. The fraction of sp³-hybridized carbons (Fsp3) is 0.321. The molecule has 180 valence electrons. The molecule has 1 aliphatic heterocycles. The molecule has 0 atom stereocenters. The van der Waals surface area contributed by atoms with E-state index in [4.69, 9.17) is 4.74 Å². The summed E-state index contributed by atoms with van der Waals surface area (Å²) >= 11 is 0. The summed E-state index contributed by atoms with van der Waals surface area (Å²) in [5.74, 6) is 1.48. The number of aliphatic imine (C=N–C) groups is 1. The van der Waals surface area contributed by atoms with Gasteiger partial charge in [-0.15, -0.1) is 0 Å². The molecule has 34 heavy (non-hydrogen) atoms. The van der Waals surface area contributed by atoms with E-state index in [1.54, 1.807) is 19.5 Å². The van der Waals surface area contributed by atoms with Crippen molar-refractivity contribution in [1.82, 2.24) is 9.80 Å². The number of rotatable bonds is 11. The molecular weight excluding hydrogens is 422 g/mol. The molecule has 6 heteroatoms. The fourth-order valence-corrected chi connectivity index (χ4v) is 3.72. The molecule has 6 nitrogen and oxygen atoms in total. The Kier molecular flexibility index (Phi) is 9.95. The summed E-state index contributed by atoms with van der Waals surface area (Å²) in [5, 5.41) is 6.63. The van der Waals surface area contributed by atoms with Crippen molar-refractivity contribution in [3.05, 3.63) is 90.5 Å². The molecule has 2 aromatic carbocycles. The van der Waals surface area contributed by atoms with Crippen LogP contribution < -0.4 is 15.4 Å². The highest BCUT2D eigenvalue weighted by Gasteiger charge is 2.14. The number of anilines is 2. The number of ether oxygens (including phenoxy) is 1. The van der Waals surface area contributed by atoms with Crippen molar-refractivity contribution in [1.29, 1.82) is 0 Å². The molecule has 0 radical (unpaired) electrons. The van der Waals surface area contributed by atoms with E-state index in [1.165, 1.54) is 11.1 Å². The Hall–Kier alpha value is -3.35. The lowest BCUT2D eigenvalue weighted by Gasteiger charge is -2.32. The summed E-state index contributed by atoms with van der Waals surface area (Å²) in [6.45, 7) is 11.4. The summed E-state index contributed by atoms with van der Waals surface area (Å²) in [5.41, 5.74) is 4.52. The monoisotopic (exact) mass is 459 g/mol. The number of aryl methyl sites for hydroxylation is 1. The number of piperazine rings is 1. The third-order valence-corrected chi connectivity index (χ3v) is 5.79. The lowest BCUT2D eigenvalue weighted by molar-refractivity contribution is 0.148. The number of hydrogen-bond donors (Lipinski definition) is 2. The van der Waals surface area contributed by atoms with Crippen molar-refractivity contribution in [3.63, 3.8) is 0 Å². The molecule has 0 unspecified atom stereocenters. The summed E-state index contributed by atoms with van der Waals surface area (Å²) in [4.78, 5) is 8.92. The van der Waals surface area contributed by atoms with Gasteiger partial charge in [0.2, 0.25) is 0 Å². The molecule has 0 amide bonds. The van der Waals surface area contributed by atoms with Crippen LogP contribution in [0.4, 0.5) is 11.4 Å². The Morgan fingerprint density at radius 2 is 1.76 bits per heavy atom. The zero-order chi connectivity index (χ0) is 24.2. The summed E-state index contributed by atoms with van der Waals surface area (Å²) in [7, 11) is 3.92. The van der Waals surface area contributed by atoms with Gasteiger partial charge in [0.05, 0.1) is 11.4 Å². The second-order valence-electron chi connectivity index (χ2n) is 8.36. The van der Waals surface area contributed by atoms with E-state index in [0.29, 0.717) is 5.76 Å². The van der Waals surface area contributed by atoms with E-state index in [1.807, 2.05) is 30.5 Å². The van der Waals surface area contributed by atoms with Gasteiger partial charge in [-0.3, -0.25) is 9.89 Å². The van der Waals surface area contributed by atoms with E-state index >= 15 is 0 Å². The molecule has 3 rings (SSSR count). The van der Waals surface area contributed by atoms with Gasteiger partial charge in [0.1, 0.15) is 11.5 Å². The van der Waals surface area contributed by atoms with E-state index in [0.717, 1.165) is 56.3 Å². The van der Waals surface area contributed by atoms with Gasteiger partial charge in [0, 0.05) is 52.2 Å². The number of hydrogen-bond acceptors (Lipinski definition) is 6. The van der Waals surface area contributed by atoms with Crippen LogP contribution in [0.2, 0.25) is 0 Å². The highest BCUT2D eigenvalue weighted by Crippen LogP contribution is 2.25. The number of benzene rings is 2. The molecule has 0 spiro atoms. The minimum atomic E-state index is 0.687. The first-order valence-electron chi connectivity index (χ1n) is 11.8. The van der Waals surface area contributed by atoms with E-state index < -0.39 is 0 Å². The number of nitrogens with one attached hydrogen (secondary N) is 2. The number of nitrogens with zero attached hydrogens (tertiary/aromatic N) is 3. The minimum absolute atomic E-state index is 0.687. The van der Waals surface area contributed by atoms with Crippen LogP contribution in [-0.2, 0) is 13.0 Å². The maximum absolute atomic E-state index is 6.05. The first-order chi connectivity index (χ1) is 16.6. The van der Waals surface area contributed by atoms with E-state index in [2.05, 4.69) is 76.3 Å². The maximum atomic E-state index is 6.05. The standard InChI is InChI=1S/C28H37N5O/c1-5-23-7-10-25(11-8-23)34-26(13-15-29-3)14-16-31-27-12-9-24(21-28(27)30-6-2)22-33-19-17-32(4)18-20-33/h6-16,21,30-31H,2,5,17-20,22H2,1,3-4H3/b16-14+,26-13+,29-15?. The molecule has 0 bridgehead atoms. The Morgan fingerprint density at radius 1 is 1.03 bits per heavy atom. The minimum Gasteiger partial charge on any atom is -0.457 e. The van der Waals surface area contributed by atoms with Crippen LogP contribution in [0.1, 0.15) is 18.1 Å². The first-order valence-corrected chi connectivity index (χ1v) is 11.8. The van der Waals surface area contributed by atoms with Crippen LogP contribution in [0.25, 0.3) is 0 Å². The smallest absolute Gasteiger partial charge is 0.130 e. The molecule has 1 heterocycles. The van der Waals surface area contributed by atoms with Crippen molar-refractivity contribution in [2.45, 2.75) is 19.9 Å². The molecular formula is C28H37N5O. The van der Waals surface area contributed by atoms with Gasteiger partial charge < -0.3 is 20.3 Å². The van der Waals surface area contributed by atoms with Gasteiger partial charge in [-0.25, -0.2) is 0 Å². The summed E-state index contributed by atoms with van der Waals surface area (Å²) in [6.07, 6.45) is 10.0. The predicted octanol–water partition coefficient (Wildman–Crippen LogP) is 5.14. The van der Waals surface area contributed by atoms with Crippen molar-refractivity contribution < 1.29 is 4.74 Å². The van der Waals surface area contributed by atoms with Crippen LogP contribution in [0, 0.1) is 0 Å². The molecule has 1 aliphatic rings. The molecule has 0 saturated carbocycles. The average Bonchev–Trinajstić information content (AvgIpc) is 2.85. The van der Waals surface area contributed by atoms with Crippen LogP contribution in [-0.4, -0.2) is 56.3 Å². The Morgan fingerprint density at radius 3 is 2.44 bits per heavy atom. The van der Waals surface area contributed by atoms with Crippen molar-refractivity contribution in [2.24, 2.45) is 4.99 Å². The van der Waals surface area contributed by atoms with Gasteiger partial charge in [-0.05, 0) is 67.2 Å². The van der Waals surface area contributed by atoms with Crippen LogP contribution in [0.3, 0.4) is 0 Å². The second-order valence-corrected chi connectivity index (χ2v) is 8.36. The average molecular weight is 460 g/mol. The van der Waals surface area contributed by atoms with E-state index in [9.17, 15) is 0 Å². The zero-order valence-electron chi connectivity index (χ0n) is 20.6. The van der Waals surface area contributed by atoms with Gasteiger partial charge in [0.15, 0.2) is 0 Å². The molecule has 1 fully saturated rings. The zero-order valence-corrected chi connectivity index (χ0v) is 20.6. The van der Waals surface area contributed by atoms with Crippen molar-refractivity contribution >= 4 is 17.6 Å². The van der Waals surface area contributed by atoms with Gasteiger partial charge in [0.25, 0.3) is 0 Å². The third kappa shape index (κ3) is 7.90. The lowest BCUT2D eigenvalue weighted by Crippen LogP contribution is -2.43. The summed E-state index contributed by atoms with van der Waals surface area (Å²) in [6, 6.07) is 14.6. The van der Waals surface area contributed by atoms with Gasteiger partial charge in [-0.2, -0.15) is 0 Å². The fourth-order valence-electron chi connectivity index (χ4n) is 3.72. The van der Waals surface area contributed by atoms with Crippen molar-refractivity contribution in [3.8, 4) is 5.75 Å². The van der Waals surface area contributed by atoms with Gasteiger partial charge in [-0.1, -0.05) is 31.7 Å². The highest BCUT2D eigenvalue weighted by atomic mass is 16.5. The molecule has 0 aromatic heterocycles. The van der Waals surface area contributed by atoms with Crippen LogP contribution in [0.5, 0.6) is 5.75 Å². The molecule has 2 N–H and O–H groups in total. The Balaban J connectivity index is 1.67.